The smallest absolute Gasteiger partial charge is 0.255 e. The molecule has 0 atom stereocenters. The third-order valence-electron chi connectivity index (χ3n) is 4.55. The first-order valence-electron chi connectivity index (χ1n) is 10.1. The fraction of sp³-hybridized carbons (Fsp3) is 0.174. The van der Waals surface area contributed by atoms with Crippen molar-refractivity contribution in [2.75, 3.05) is 18.4 Å². The van der Waals surface area contributed by atoms with Crippen LogP contribution in [0.3, 0.4) is 0 Å². The molecule has 10 heteroatoms. The van der Waals surface area contributed by atoms with Crippen LogP contribution in [-0.2, 0) is 26.0 Å². The Morgan fingerprint density at radius 2 is 1.76 bits per heavy atom. The highest BCUT2D eigenvalue weighted by Gasteiger charge is 2.26. The van der Waals surface area contributed by atoms with E-state index in [0.29, 0.717) is 12.1 Å². The number of amides is 2. The number of rotatable bonds is 10. The second-order valence-corrected chi connectivity index (χ2v) is 10.0. The minimum Gasteiger partial charge on any atom is -0.326 e. The average Bonchev–Trinajstić information content (AvgIpc) is 3.31. The van der Waals surface area contributed by atoms with Crippen LogP contribution in [0.25, 0.3) is 0 Å². The zero-order valence-corrected chi connectivity index (χ0v) is 19.6. The van der Waals surface area contributed by atoms with Crippen molar-refractivity contribution in [3.8, 4) is 0 Å². The highest BCUT2D eigenvalue weighted by molar-refractivity contribution is 7.89. The first-order valence-corrected chi connectivity index (χ1v) is 12.4. The van der Waals surface area contributed by atoms with Crippen LogP contribution in [0.2, 0.25) is 0 Å². The van der Waals surface area contributed by atoms with Gasteiger partial charge in [-0.2, -0.15) is 9.41 Å². The van der Waals surface area contributed by atoms with E-state index in [9.17, 15) is 18.0 Å². The van der Waals surface area contributed by atoms with Crippen LogP contribution in [0.1, 0.15) is 17.4 Å². The number of anilines is 1. The molecule has 0 bridgehead atoms. The number of hydrogen-bond donors (Lipinski definition) is 2. The fourth-order valence-electron chi connectivity index (χ4n) is 2.97. The van der Waals surface area contributed by atoms with Gasteiger partial charge in [-0.3, -0.25) is 9.59 Å². The van der Waals surface area contributed by atoms with Crippen molar-refractivity contribution in [2.24, 2.45) is 5.10 Å². The van der Waals surface area contributed by atoms with Gasteiger partial charge < -0.3 is 5.32 Å². The molecule has 3 rings (SSSR count). The van der Waals surface area contributed by atoms with Gasteiger partial charge in [0.1, 0.15) is 0 Å². The summed E-state index contributed by atoms with van der Waals surface area (Å²) in [7, 11) is -3.97. The predicted molar refractivity (Wildman–Crippen MR) is 130 cm³/mol. The molecule has 2 N–H and O–H groups in total. The van der Waals surface area contributed by atoms with Gasteiger partial charge >= 0.3 is 0 Å². The number of nitrogens with zero attached hydrogens (tertiary/aromatic N) is 2. The summed E-state index contributed by atoms with van der Waals surface area (Å²) in [5.74, 6) is -0.802. The summed E-state index contributed by atoms with van der Waals surface area (Å²) in [5, 5.41) is 8.39. The zero-order valence-electron chi connectivity index (χ0n) is 18.0. The van der Waals surface area contributed by atoms with E-state index in [1.54, 1.807) is 0 Å². The van der Waals surface area contributed by atoms with Crippen LogP contribution in [0.15, 0.2) is 82.1 Å². The van der Waals surface area contributed by atoms with Crippen molar-refractivity contribution in [1.82, 2.24) is 9.73 Å². The Morgan fingerprint density at radius 1 is 1.03 bits per heavy atom. The number of thiophene rings is 1. The molecule has 0 aliphatic heterocycles. The van der Waals surface area contributed by atoms with Gasteiger partial charge in [0.2, 0.25) is 15.9 Å². The molecule has 1 heterocycles. The van der Waals surface area contributed by atoms with E-state index in [0.717, 1.165) is 14.7 Å². The van der Waals surface area contributed by atoms with Crippen LogP contribution < -0.4 is 10.7 Å². The van der Waals surface area contributed by atoms with Crippen molar-refractivity contribution in [3.05, 3.63) is 82.6 Å². The largest absolute Gasteiger partial charge is 0.326 e. The van der Waals surface area contributed by atoms with Gasteiger partial charge in [-0.15, -0.1) is 11.3 Å². The number of sulfonamides is 1. The van der Waals surface area contributed by atoms with Crippen LogP contribution in [0, 0.1) is 0 Å². The Labute approximate surface area is 197 Å². The summed E-state index contributed by atoms with van der Waals surface area (Å²) in [5.41, 5.74) is 3.83. The third kappa shape index (κ3) is 7.35. The molecule has 8 nitrogen and oxygen atoms in total. The van der Waals surface area contributed by atoms with Gasteiger partial charge in [0, 0.05) is 24.0 Å². The average molecular weight is 485 g/mol. The lowest BCUT2D eigenvalue weighted by Gasteiger charge is -2.21. The van der Waals surface area contributed by atoms with Crippen molar-refractivity contribution < 1.29 is 18.0 Å². The molecule has 1 aromatic heterocycles. The number of hydrazone groups is 1. The Kier molecular flexibility index (Phi) is 8.47. The molecule has 33 heavy (non-hydrogen) atoms. The highest BCUT2D eigenvalue weighted by Crippen LogP contribution is 2.19. The molecule has 0 aliphatic carbocycles. The summed E-state index contributed by atoms with van der Waals surface area (Å²) >= 11 is 1.47. The van der Waals surface area contributed by atoms with Gasteiger partial charge in [0.25, 0.3) is 5.91 Å². The van der Waals surface area contributed by atoms with E-state index in [-0.39, 0.29) is 23.9 Å². The molecule has 0 saturated heterocycles. The normalized spacial score (nSPS) is 11.6. The van der Waals surface area contributed by atoms with Crippen molar-refractivity contribution in [3.63, 3.8) is 0 Å². The van der Waals surface area contributed by atoms with Gasteiger partial charge in [-0.1, -0.05) is 36.4 Å². The van der Waals surface area contributed by atoms with Gasteiger partial charge in [-0.25, -0.2) is 13.8 Å². The predicted octanol–water partition coefficient (Wildman–Crippen LogP) is 3.09. The molecule has 0 saturated carbocycles. The molecule has 3 aromatic rings. The van der Waals surface area contributed by atoms with Crippen LogP contribution in [0.5, 0.6) is 0 Å². The van der Waals surface area contributed by atoms with E-state index in [2.05, 4.69) is 15.8 Å². The molecule has 0 aliphatic rings. The SMILES string of the molecule is CC(=O)Nc1ccc(S(=O)(=O)N(CCc2ccccc2)CC(=O)NN=Cc2cccs2)cc1. The monoisotopic (exact) mass is 484 g/mol. The molecule has 172 valence electrons. The number of carbonyl (C=O) groups excluding carboxylic acids is 2. The molecule has 2 amide bonds. The third-order valence-corrected chi connectivity index (χ3v) is 7.22. The summed E-state index contributed by atoms with van der Waals surface area (Å²) in [6, 6.07) is 19.0. The van der Waals surface area contributed by atoms with Crippen molar-refractivity contribution in [1.29, 1.82) is 0 Å². The van der Waals surface area contributed by atoms with Crippen molar-refractivity contribution >= 4 is 45.1 Å². The van der Waals surface area contributed by atoms with E-state index in [4.69, 9.17) is 0 Å². The Balaban J connectivity index is 1.75. The van der Waals surface area contributed by atoms with Gasteiger partial charge in [0.15, 0.2) is 0 Å². The summed E-state index contributed by atoms with van der Waals surface area (Å²) in [6.45, 7) is 1.10. The summed E-state index contributed by atoms with van der Waals surface area (Å²) < 4.78 is 27.7. The zero-order chi connectivity index (χ0) is 23.7. The molecule has 0 radical (unpaired) electrons. The molecular weight excluding hydrogens is 460 g/mol. The Bertz CT molecular complexity index is 1190. The Hall–Kier alpha value is -3.34. The molecule has 0 spiro atoms. The fourth-order valence-corrected chi connectivity index (χ4v) is 4.96. The minimum atomic E-state index is -3.97. The second kappa shape index (κ2) is 11.5. The quantitative estimate of drug-likeness (QED) is 0.341. The topological polar surface area (TPSA) is 108 Å². The van der Waals surface area contributed by atoms with Crippen LogP contribution >= 0.6 is 11.3 Å². The lowest BCUT2D eigenvalue weighted by atomic mass is 10.1. The lowest BCUT2D eigenvalue weighted by Crippen LogP contribution is -2.40. The van der Waals surface area contributed by atoms with E-state index in [1.165, 1.54) is 48.7 Å². The number of carbonyl (C=O) groups is 2. The van der Waals surface area contributed by atoms with E-state index in [1.807, 2.05) is 47.8 Å². The number of benzene rings is 2. The first kappa shape index (κ1) is 24.3. The van der Waals surface area contributed by atoms with E-state index < -0.39 is 15.9 Å². The second-order valence-electron chi connectivity index (χ2n) is 7.09. The molecule has 0 fully saturated rings. The number of hydrogen-bond acceptors (Lipinski definition) is 6. The maximum atomic E-state index is 13.3. The maximum absolute atomic E-state index is 13.3. The summed E-state index contributed by atoms with van der Waals surface area (Å²) in [6.07, 6.45) is 1.95. The standard InChI is InChI=1S/C23H24N4O4S2/c1-18(28)25-20-9-11-22(12-10-20)33(30,31)27(14-13-19-6-3-2-4-7-19)17-23(29)26-24-16-21-8-5-15-32-21/h2-12,15-16H,13-14,17H2,1H3,(H,25,28)(H,26,29). The summed E-state index contributed by atoms with van der Waals surface area (Å²) in [4.78, 5) is 24.6. The Morgan fingerprint density at radius 3 is 2.39 bits per heavy atom. The molecule has 2 aromatic carbocycles. The minimum absolute atomic E-state index is 0.0274. The van der Waals surface area contributed by atoms with Crippen molar-refractivity contribution in [2.45, 2.75) is 18.2 Å². The van der Waals surface area contributed by atoms with E-state index >= 15 is 0 Å². The molecule has 0 unspecified atom stereocenters. The lowest BCUT2D eigenvalue weighted by molar-refractivity contribution is -0.121. The van der Waals surface area contributed by atoms with Gasteiger partial charge in [-0.05, 0) is 47.7 Å². The van der Waals surface area contributed by atoms with Gasteiger partial charge in [0.05, 0.1) is 17.7 Å². The first-order chi connectivity index (χ1) is 15.8. The van der Waals surface area contributed by atoms with Crippen LogP contribution in [-0.4, -0.2) is 43.8 Å². The highest BCUT2D eigenvalue weighted by atomic mass is 32.2. The molecular formula is C23H24N4O4S2. The van der Waals surface area contributed by atoms with Crippen LogP contribution in [0.4, 0.5) is 5.69 Å². The number of nitrogens with one attached hydrogen (secondary N) is 2. The maximum Gasteiger partial charge on any atom is 0.255 e.